The number of anilines is 1. The topological polar surface area (TPSA) is 48.1 Å². The lowest BCUT2D eigenvalue weighted by molar-refractivity contribution is 0.301. The van der Waals surface area contributed by atoms with Crippen molar-refractivity contribution in [3.8, 4) is 5.75 Å². The van der Waals surface area contributed by atoms with Gasteiger partial charge in [0.25, 0.3) is 0 Å². The van der Waals surface area contributed by atoms with Gasteiger partial charge in [-0.2, -0.15) is 0 Å². The Morgan fingerprint density at radius 1 is 1.32 bits per heavy atom. The van der Waals surface area contributed by atoms with Crippen molar-refractivity contribution in [2.45, 2.75) is 33.3 Å². The van der Waals surface area contributed by atoms with Crippen molar-refractivity contribution in [3.63, 3.8) is 0 Å². The summed E-state index contributed by atoms with van der Waals surface area (Å²) in [5.41, 5.74) is 10.0. The third-order valence-electron chi connectivity index (χ3n) is 3.14. The normalized spacial score (nSPS) is 10.7. The first-order chi connectivity index (χ1) is 9.08. The second-order valence-corrected chi connectivity index (χ2v) is 5.05. The van der Waals surface area contributed by atoms with Crippen LogP contribution in [0.1, 0.15) is 36.5 Å². The summed E-state index contributed by atoms with van der Waals surface area (Å²) in [6, 6.07) is 7.95. The number of nitrogens with two attached hydrogens (primary N) is 1. The fourth-order valence-electron chi connectivity index (χ4n) is 1.94. The van der Waals surface area contributed by atoms with Crippen LogP contribution in [0.15, 0.2) is 36.7 Å². The predicted molar refractivity (Wildman–Crippen MR) is 78.2 cm³/mol. The number of pyridine rings is 1. The number of hydrogen-bond acceptors (Lipinski definition) is 3. The van der Waals surface area contributed by atoms with Crippen molar-refractivity contribution < 1.29 is 4.74 Å². The van der Waals surface area contributed by atoms with Crippen LogP contribution in [0.4, 0.5) is 5.69 Å². The SMILES string of the molecule is Cc1cc(OCc2cccnc2)c(C(C)C)cc1N. The number of aryl methyl sites for hydroxylation is 1. The number of benzene rings is 1. The zero-order valence-electron chi connectivity index (χ0n) is 11.7. The maximum atomic E-state index is 5.97. The predicted octanol–water partition coefficient (Wildman–Crippen LogP) is 3.67. The summed E-state index contributed by atoms with van der Waals surface area (Å²) < 4.78 is 5.92. The Morgan fingerprint density at radius 3 is 2.74 bits per heavy atom. The molecule has 100 valence electrons. The van der Waals surface area contributed by atoms with Crippen LogP contribution in [-0.2, 0) is 6.61 Å². The minimum absolute atomic E-state index is 0.381. The molecule has 0 saturated heterocycles. The molecule has 0 aliphatic rings. The molecule has 3 nitrogen and oxygen atoms in total. The molecular weight excluding hydrogens is 236 g/mol. The van der Waals surface area contributed by atoms with Crippen LogP contribution in [0.25, 0.3) is 0 Å². The van der Waals surface area contributed by atoms with Gasteiger partial charge in [-0.1, -0.05) is 19.9 Å². The van der Waals surface area contributed by atoms with E-state index >= 15 is 0 Å². The molecule has 19 heavy (non-hydrogen) atoms. The van der Waals surface area contributed by atoms with Gasteiger partial charge < -0.3 is 10.5 Å². The van der Waals surface area contributed by atoms with E-state index in [1.54, 1.807) is 6.20 Å². The monoisotopic (exact) mass is 256 g/mol. The number of aromatic nitrogens is 1. The highest BCUT2D eigenvalue weighted by molar-refractivity contribution is 5.55. The molecule has 1 heterocycles. The molecule has 0 unspecified atom stereocenters. The number of hydrogen-bond donors (Lipinski definition) is 1. The van der Waals surface area contributed by atoms with Gasteiger partial charge in [-0.3, -0.25) is 4.98 Å². The van der Waals surface area contributed by atoms with Crippen LogP contribution in [-0.4, -0.2) is 4.98 Å². The maximum absolute atomic E-state index is 5.97. The summed E-state index contributed by atoms with van der Waals surface area (Å²) in [5, 5.41) is 0. The second kappa shape index (κ2) is 5.74. The van der Waals surface area contributed by atoms with E-state index in [0.29, 0.717) is 12.5 Å². The van der Waals surface area contributed by atoms with Gasteiger partial charge in [-0.05, 0) is 42.2 Å². The van der Waals surface area contributed by atoms with E-state index in [0.717, 1.165) is 28.1 Å². The lowest BCUT2D eigenvalue weighted by Crippen LogP contribution is -2.02. The average molecular weight is 256 g/mol. The smallest absolute Gasteiger partial charge is 0.123 e. The highest BCUT2D eigenvalue weighted by Gasteiger charge is 2.10. The van der Waals surface area contributed by atoms with Crippen molar-refractivity contribution in [1.82, 2.24) is 4.98 Å². The van der Waals surface area contributed by atoms with Crippen molar-refractivity contribution in [1.29, 1.82) is 0 Å². The van der Waals surface area contributed by atoms with E-state index in [4.69, 9.17) is 10.5 Å². The van der Waals surface area contributed by atoms with Gasteiger partial charge in [0.1, 0.15) is 12.4 Å². The average Bonchev–Trinajstić information content (AvgIpc) is 2.40. The molecule has 2 N–H and O–H groups in total. The van der Waals surface area contributed by atoms with Crippen LogP contribution >= 0.6 is 0 Å². The summed E-state index contributed by atoms with van der Waals surface area (Å²) in [5.74, 6) is 1.29. The van der Waals surface area contributed by atoms with E-state index in [-0.39, 0.29) is 0 Å². The third-order valence-corrected chi connectivity index (χ3v) is 3.14. The van der Waals surface area contributed by atoms with Crippen molar-refractivity contribution in [3.05, 3.63) is 53.3 Å². The standard InChI is InChI=1S/C16H20N2O/c1-11(2)14-8-15(17)12(3)7-16(14)19-10-13-5-4-6-18-9-13/h4-9,11H,10,17H2,1-3H3. The van der Waals surface area contributed by atoms with Gasteiger partial charge in [0.15, 0.2) is 0 Å². The van der Waals surface area contributed by atoms with Gasteiger partial charge in [-0.15, -0.1) is 0 Å². The molecule has 0 saturated carbocycles. The van der Waals surface area contributed by atoms with E-state index in [9.17, 15) is 0 Å². The summed E-state index contributed by atoms with van der Waals surface area (Å²) in [6.07, 6.45) is 3.58. The molecule has 0 fully saturated rings. The zero-order chi connectivity index (χ0) is 13.8. The molecule has 1 aromatic heterocycles. The molecule has 3 heteroatoms. The highest BCUT2D eigenvalue weighted by Crippen LogP contribution is 2.31. The van der Waals surface area contributed by atoms with Crippen LogP contribution in [0, 0.1) is 6.92 Å². The zero-order valence-corrected chi connectivity index (χ0v) is 11.7. The number of ether oxygens (including phenoxy) is 1. The second-order valence-electron chi connectivity index (χ2n) is 5.05. The summed E-state index contributed by atoms with van der Waals surface area (Å²) >= 11 is 0. The number of nitrogen functional groups attached to an aromatic ring is 1. The van der Waals surface area contributed by atoms with E-state index in [1.165, 1.54) is 0 Å². The Hall–Kier alpha value is -2.03. The Balaban J connectivity index is 2.22. The molecule has 0 bridgehead atoms. The minimum atomic E-state index is 0.381. The largest absolute Gasteiger partial charge is 0.489 e. The van der Waals surface area contributed by atoms with E-state index < -0.39 is 0 Å². The molecule has 2 rings (SSSR count). The molecule has 2 aromatic rings. The molecule has 0 spiro atoms. The van der Waals surface area contributed by atoms with Gasteiger partial charge in [0, 0.05) is 23.6 Å². The summed E-state index contributed by atoms with van der Waals surface area (Å²) in [7, 11) is 0. The van der Waals surface area contributed by atoms with Crippen LogP contribution < -0.4 is 10.5 Å². The first-order valence-corrected chi connectivity index (χ1v) is 6.49. The van der Waals surface area contributed by atoms with Crippen LogP contribution in [0.5, 0.6) is 5.75 Å². The van der Waals surface area contributed by atoms with Crippen molar-refractivity contribution in [2.24, 2.45) is 0 Å². The molecule has 0 amide bonds. The van der Waals surface area contributed by atoms with Crippen molar-refractivity contribution >= 4 is 5.69 Å². The lowest BCUT2D eigenvalue weighted by atomic mass is 9.99. The van der Waals surface area contributed by atoms with Gasteiger partial charge in [0.2, 0.25) is 0 Å². The Bertz CT molecular complexity index is 550. The molecule has 0 aliphatic carbocycles. The fraction of sp³-hybridized carbons (Fsp3) is 0.312. The van der Waals surface area contributed by atoms with Crippen LogP contribution in [0.3, 0.4) is 0 Å². The molecule has 0 aliphatic heterocycles. The Morgan fingerprint density at radius 2 is 2.11 bits per heavy atom. The van der Waals surface area contributed by atoms with Gasteiger partial charge in [0.05, 0.1) is 0 Å². The Kier molecular flexibility index (Phi) is 4.05. The van der Waals surface area contributed by atoms with Crippen molar-refractivity contribution in [2.75, 3.05) is 5.73 Å². The van der Waals surface area contributed by atoms with E-state index in [2.05, 4.69) is 18.8 Å². The molecular formula is C16H20N2O. The van der Waals surface area contributed by atoms with E-state index in [1.807, 2.05) is 37.4 Å². The minimum Gasteiger partial charge on any atom is -0.489 e. The fourth-order valence-corrected chi connectivity index (χ4v) is 1.94. The lowest BCUT2D eigenvalue weighted by Gasteiger charge is -2.16. The number of nitrogens with zero attached hydrogens (tertiary/aromatic N) is 1. The highest BCUT2D eigenvalue weighted by atomic mass is 16.5. The first kappa shape index (κ1) is 13.4. The molecule has 0 radical (unpaired) electrons. The molecule has 1 aromatic carbocycles. The van der Waals surface area contributed by atoms with Gasteiger partial charge >= 0.3 is 0 Å². The Labute approximate surface area is 114 Å². The number of rotatable bonds is 4. The van der Waals surface area contributed by atoms with Gasteiger partial charge in [-0.25, -0.2) is 0 Å². The first-order valence-electron chi connectivity index (χ1n) is 6.49. The third kappa shape index (κ3) is 3.25. The maximum Gasteiger partial charge on any atom is 0.123 e. The quantitative estimate of drug-likeness (QED) is 0.849. The van der Waals surface area contributed by atoms with Crippen LogP contribution in [0.2, 0.25) is 0 Å². The molecule has 0 atom stereocenters. The summed E-state index contributed by atoms with van der Waals surface area (Å²) in [6.45, 7) is 6.80. The summed E-state index contributed by atoms with van der Waals surface area (Å²) in [4.78, 5) is 4.09.